The summed E-state index contributed by atoms with van der Waals surface area (Å²) in [7, 11) is 1.29. The van der Waals surface area contributed by atoms with E-state index in [0.717, 1.165) is 0 Å². The highest BCUT2D eigenvalue weighted by Gasteiger charge is 2.15. The number of methoxy groups -OCH3 is 1. The van der Waals surface area contributed by atoms with Gasteiger partial charge in [-0.05, 0) is 18.2 Å². The maximum Gasteiger partial charge on any atom is 0.340 e. The molecule has 1 aromatic heterocycles. The smallest absolute Gasteiger partial charge is 0.340 e. The molecule has 5 heteroatoms. The minimum absolute atomic E-state index is 0.160. The lowest BCUT2D eigenvalue weighted by atomic mass is 10.2. The molecule has 0 aliphatic heterocycles. The maximum absolute atomic E-state index is 11.5. The fourth-order valence-corrected chi connectivity index (χ4v) is 1.42. The first-order valence-electron chi connectivity index (χ1n) is 5.28. The van der Waals surface area contributed by atoms with E-state index in [0.29, 0.717) is 5.75 Å². The zero-order valence-corrected chi connectivity index (χ0v) is 9.79. The third-order valence-electron chi connectivity index (χ3n) is 2.32. The van der Waals surface area contributed by atoms with Gasteiger partial charge in [0.1, 0.15) is 11.4 Å². The number of rotatable bonds is 3. The fraction of sp³-hybridized carbons (Fsp3) is 0.0769. The van der Waals surface area contributed by atoms with E-state index < -0.39 is 5.97 Å². The number of nitrogen functional groups attached to an aromatic ring is 1. The van der Waals surface area contributed by atoms with Gasteiger partial charge in [-0.15, -0.1) is 0 Å². The van der Waals surface area contributed by atoms with Crippen LogP contribution in [0, 0.1) is 0 Å². The standard InChI is InChI=1S/C13H12N2O3/c1-17-13(16)10-7-8-15-12(11(10)14)18-9-5-3-2-4-6-9/h2-8H,14H2,1H3. The number of ether oxygens (including phenoxy) is 2. The highest BCUT2D eigenvalue weighted by Crippen LogP contribution is 2.27. The summed E-state index contributed by atoms with van der Waals surface area (Å²) < 4.78 is 10.1. The number of benzene rings is 1. The quantitative estimate of drug-likeness (QED) is 0.838. The summed E-state index contributed by atoms with van der Waals surface area (Å²) in [5.41, 5.74) is 6.21. The van der Waals surface area contributed by atoms with Crippen LogP contribution in [0.3, 0.4) is 0 Å². The van der Waals surface area contributed by atoms with E-state index in [1.165, 1.54) is 19.4 Å². The second kappa shape index (κ2) is 5.18. The van der Waals surface area contributed by atoms with Gasteiger partial charge in [0, 0.05) is 6.20 Å². The second-order valence-electron chi connectivity index (χ2n) is 3.48. The Morgan fingerprint density at radius 1 is 1.22 bits per heavy atom. The summed E-state index contributed by atoms with van der Waals surface area (Å²) in [5, 5.41) is 0. The largest absolute Gasteiger partial charge is 0.465 e. The number of para-hydroxylation sites is 1. The molecule has 2 rings (SSSR count). The van der Waals surface area contributed by atoms with Gasteiger partial charge in [0.05, 0.1) is 12.7 Å². The van der Waals surface area contributed by atoms with Gasteiger partial charge in [-0.25, -0.2) is 9.78 Å². The molecule has 18 heavy (non-hydrogen) atoms. The second-order valence-corrected chi connectivity index (χ2v) is 3.48. The molecule has 0 unspecified atom stereocenters. The minimum Gasteiger partial charge on any atom is -0.465 e. The van der Waals surface area contributed by atoms with Crippen LogP contribution in [0.4, 0.5) is 5.69 Å². The van der Waals surface area contributed by atoms with Crippen LogP contribution in [0.25, 0.3) is 0 Å². The van der Waals surface area contributed by atoms with E-state index >= 15 is 0 Å². The first-order valence-corrected chi connectivity index (χ1v) is 5.28. The lowest BCUT2D eigenvalue weighted by Gasteiger charge is -2.09. The predicted octanol–water partition coefficient (Wildman–Crippen LogP) is 2.24. The Labute approximate surface area is 104 Å². The van der Waals surface area contributed by atoms with Crippen LogP contribution in [-0.2, 0) is 4.74 Å². The monoisotopic (exact) mass is 244 g/mol. The van der Waals surface area contributed by atoms with Gasteiger partial charge in [-0.2, -0.15) is 0 Å². The van der Waals surface area contributed by atoms with Crippen molar-refractivity contribution in [2.24, 2.45) is 0 Å². The topological polar surface area (TPSA) is 74.4 Å². The van der Waals surface area contributed by atoms with Crippen LogP contribution < -0.4 is 10.5 Å². The molecule has 0 fully saturated rings. The summed E-state index contributed by atoms with van der Waals surface area (Å²) in [6.07, 6.45) is 1.45. The lowest BCUT2D eigenvalue weighted by molar-refractivity contribution is 0.0601. The average molecular weight is 244 g/mol. The summed E-state index contributed by atoms with van der Waals surface area (Å²) in [4.78, 5) is 15.4. The summed E-state index contributed by atoms with van der Waals surface area (Å²) >= 11 is 0. The van der Waals surface area contributed by atoms with Crippen molar-refractivity contribution in [2.75, 3.05) is 12.8 Å². The molecule has 1 aromatic carbocycles. The van der Waals surface area contributed by atoms with Gasteiger partial charge < -0.3 is 15.2 Å². The number of hydrogen-bond acceptors (Lipinski definition) is 5. The number of esters is 1. The molecule has 0 aliphatic carbocycles. The first kappa shape index (κ1) is 11.9. The van der Waals surface area contributed by atoms with Crippen LogP contribution in [0.5, 0.6) is 11.6 Å². The van der Waals surface area contributed by atoms with Crippen LogP contribution in [0.1, 0.15) is 10.4 Å². The van der Waals surface area contributed by atoms with Gasteiger partial charge in [0.15, 0.2) is 0 Å². The Kier molecular flexibility index (Phi) is 3.43. The Bertz CT molecular complexity index is 555. The Morgan fingerprint density at radius 2 is 1.94 bits per heavy atom. The number of hydrogen-bond donors (Lipinski definition) is 1. The number of anilines is 1. The fourth-order valence-electron chi connectivity index (χ4n) is 1.42. The number of carbonyl (C=O) groups excluding carboxylic acids is 1. The molecule has 0 saturated heterocycles. The van der Waals surface area contributed by atoms with Crippen molar-refractivity contribution < 1.29 is 14.3 Å². The molecule has 0 atom stereocenters. The molecule has 1 heterocycles. The SMILES string of the molecule is COC(=O)c1ccnc(Oc2ccccc2)c1N. The molecular weight excluding hydrogens is 232 g/mol. The van der Waals surface area contributed by atoms with Crippen LogP contribution in [0.2, 0.25) is 0 Å². The maximum atomic E-state index is 11.5. The lowest BCUT2D eigenvalue weighted by Crippen LogP contribution is -2.07. The van der Waals surface area contributed by atoms with E-state index in [9.17, 15) is 4.79 Å². The molecule has 0 saturated carbocycles. The number of aromatic nitrogens is 1. The zero-order chi connectivity index (χ0) is 13.0. The molecule has 0 aliphatic rings. The molecule has 0 radical (unpaired) electrons. The van der Waals surface area contributed by atoms with Crippen molar-refractivity contribution in [1.29, 1.82) is 0 Å². The highest BCUT2D eigenvalue weighted by atomic mass is 16.5. The molecular formula is C13H12N2O3. The van der Waals surface area contributed by atoms with Crippen LogP contribution in [0.15, 0.2) is 42.6 Å². The van der Waals surface area contributed by atoms with Crippen molar-refractivity contribution in [3.63, 3.8) is 0 Å². The predicted molar refractivity (Wildman–Crippen MR) is 66.5 cm³/mol. The van der Waals surface area contributed by atoms with E-state index in [1.807, 2.05) is 18.2 Å². The summed E-state index contributed by atoms with van der Waals surface area (Å²) in [6.45, 7) is 0. The highest BCUT2D eigenvalue weighted by molar-refractivity contribution is 5.96. The van der Waals surface area contributed by atoms with Crippen molar-refractivity contribution in [3.05, 3.63) is 48.2 Å². The van der Waals surface area contributed by atoms with Crippen LogP contribution in [-0.4, -0.2) is 18.1 Å². The molecule has 0 bridgehead atoms. The first-order chi connectivity index (χ1) is 8.72. The Hall–Kier alpha value is -2.56. The number of carbonyl (C=O) groups is 1. The third-order valence-corrected chi connectivity index (χ3v) is 2.32. The normalized spacial score (nSPS) is 9.83. The zero-order valence-electron chi connectivity index (χ0n) is 9.79. The summed E-state index contributed by atoms with van der Waals surface area (Å²) in [6, 6.07) is 10.6. The van der Waals surface area contributed by atoms with Gasteiger partial charge in [0.25, 0.3) is 0 Å². The Balaban J connectivity index is 2.32. The van der Waals surface area contributed by atoms with Crippen molar-refractivity contribution >= 4 is 11.7 Å². The van der Waals surface area contributed by atoms with Crippen LogP contribution >= 0.6 is 0 Å². The number of pyridine rings is 1. The van der Waals surface area contributed by atoms with Crippen molar-refractivity contribution in [1.82, 2.24) is 4.98 Å². The molecule has 5 nitrogen and oxygen atoms in total. The number of nitrogens with zero attached hydrogens (tertiary/aromatic N) is 1. The molecule has 0 amide bonds. The molecule has 0 spiro atoms. The van der Waals surface area contributed by atoms with Gasteiger partial charge in [0.2, 0.25) is 5.88 Å². The van der Waals surface area contributed by atoms with Gasteiger partial charge >= 0.3 is 5.97 Å². The van der Waals surface area contributed by atoms with Crippen molar-refractivity contribution in [2.45, 2.75) is 0 Å². The van der Waals surface area contributed by atoms with E-state index in [-0.39, 0.29) is 17.1 Å². The van der Waals surface area contributed by atoms with Crippen molar-refractivity contribution in [3.8, 4) is 11.6 Å². The van der Waals surface area contributed by atoms with E-state index in [2.05, 4.69) is 9.72 Å². The van der Waals surface area contributed by atoms with Gasteiger partial charge in [-0.1, -0.05) is 18.2 Å². The van der Waals surface area contributed by atoms with E-state index in [1.54, 1.807) is 12.1 Å². The third kappa shape index (κ3) is 2.40. The number of nitrogens with two attached hydrogens (primary N) is 1. The van der Waals surface area contributed by atoms with E-state index in [4.69, 9.17) is 10.5 Å². The summed E-state index contributed by atoms with van der Waals surface area (Å²) in [5.74, 6) is 0.260. The molecule has 2 N–H and O–H groups in total. The minimum atomic E-state index is -0.521. The van der Waals surface area contributed by atoms with Gasteiger partial charge in [-0.3, -0.25) is 0 Å². The Morgan fingerprint density at radius 3 is 2.61 bits per heavy atom. The molecule has 92 valence electrons. The average Bonchev–Trinajstić information content (AvgIpc) is 2.41. The molecule has 2 aromatic rings.